The maximum Gasteiger partial charge on any atom is 0.270 e. The van der Waals surface area contributed by atoms with E-state index in [0.717, 1.165) is 12.8 Å². The van der Waals surface area contributed by atoms with Crippen molar-refractivity contribution in [2.45, 2.75) is 38.3 Å². The van der Waals surface area contributed by atoms with Crippen molar-refractivity contribution in [1.29, 1.82) is 0 Å². The van der Waals surface area contributed by atoms with Crippen molar-refractivity contribution < 1.29 is 13.9 Å². The van der Waals surface area contributed by atoms with Crippen LogP contribution in [0.25, 0.3) is 5.69 Å². The third-order valence-electron chi connectivity index (χ3n) is 4.01. The molecule has 23 heavy (non-hydrogen) atoms. The van der Waals surface area contributed by atoms with Gasteiger partial charge in [-0.1, -0.05) is 0 Å². The first-order chi connectivity index (χ1) is 10.9. The van der Waals surface area contributed by atoms with Crippen molar-refractivity contribution in [3.8, 4) is 5.69 Å². The first-order valence-corrected chi connectivity index (χ1v) is 7.68. The van der Waals surface area contributed by atoms with Crippen molar-refractivity contribution in [1.82, 2.24) is 14.9 Å². The Balaban J connectivity index is 1.76. The molecule has 1 amide bonds. The summed E-state index contributed by atoms with van der Waals surface area (Å²) in [5.74, 6) is -0.501. The highest BCUT2D eigenvalue weighted by Gasteiger charge is 2.30. The topological polar surface area (TPSA) is 56.2 Å². The highest BCUT2D eigenvalue weighted by atomic mass is 19.1. The molecule has 3 rings (SSSR count). The predicted octanol–water partition coefficient (Wildman–Crippen LogP) is 2.70. The standard InChI is InChI=1S/C17H20FN3O2/c1-17(2)9-13(7-8-23-17)20-16(22)15-10-19-11-21(15)14-5-3-12(18)4-6-14/h3-6,10-11,13H,7-9H2,1-2H3,(H,20,22). The molecule has 0 saturated carbocycles. The summed E-state index contributed by atoms with van der Waals surface area (Å²) < 4.78 is 20.4. The molecule has 1 fully saturated rings. The van der Waals surface area contributed by atoms with E-state index in [2.05, 4.69) is 10.3 Å². The molecule has 1 aliphatic rings. The minimum absolute atomic E-state index is 0.0721. The van der Waals surface area contributed by atoms with Crippen molar-refractivity contribution in [2.24, 2.45) is 0 Å². The first-order valence-electron chi connectivity index (χ1n) is 7.68. The number of nitrogens with zero attached hydrogens (tertiary/aromatic N) is 2. The zero-order chi connectivity index (χ0) is 16.4. The van der Waals surface area contributed by atoms with Crippen LogP contribution in [0.15, 0.2) is 36.8 Å². The molecule has 5 nitrogen and oxygen atoms in total. The van der Waals surface area contributed by atoms with Gasteiger partial charge in [0, 0.05) is 18.3 Å². The number of carbonyl (C=O) groups is 1. The number of hydrogen-bond donors (Lipinski definition) is 1. The van der Waals surface area contributed by atoms with E-state index >= 15 is 0 Å². The lowest BCUT2D eigenvalue weighted by Gasteiger charge is -2.35. The van der Waals surface area contributed by atoms with E-state index < -0.39 is 0 Å². The smallest absolute Gasteiger partial charge is 0.270 e. The van der Waals surface area contributed by atoms with Crippen LogP contribution in [0.2, 0.25) is 0 Å². The van der Waals surface area contributed by atoms with Gasteiger partial charge in [0.15, 0.2) is 0 Å². The van der Waals surface area contributed by atoms with Gasteiger partial charge in [0.1, 0.15) is 11.5 Å². The summed E-state index contributed by atoms with van der Waals surface area (Å²) in [5, 5.41) is 3.04. The number of imidazole rings is 1. The molecule has 1 unspecified atom stereocenters. The number of nitrogens with one attached hydrogen (secondary N) is 1. The van der Waals surface area contributed by atoms with Crippen LogP contribution in [0.1, 0.15) is 37.2 Å². The third-order valence-corrected chi connectivity index (χ3v) is 4.01. The molecule has 0 aliphatic carbocycles. The van der Waals surface area contributed by atoms with Crippen LogP contribution in [-0.4, -0.2) is 33.7 Å². The molecule has 0 radical (unpaired) electrons. The number of ether oxygens (including phenoxy) is 1. The second-order valence-electron chi connectivity index (χ2n) is 6.40. The summed E-state index contributed by atoms with van der Waals surface area (Å²) in [6.45, 7) is 4.68. The molecule has 0 spiro atoms. The zero-order valence-corrected chi connectivity index (χ0v) is 13.3. The Labute approximate surface area is 134 Å². The van der Waals surface area contributed by atoms with E-state index in [1.165, 1.54) is 18.3 Å². The quantitative estimate of drug-likeness (QED) is 0.947. The Morgan fingerprint density at radius 1 is 1.39 bits per heavy atom. The summed E-state index contributed by atoms with van der Waals surface area (Å²) in [6.07, 6.45) is 4.63. The minimum atomic E-state index is -0.315. The van der Waals surface area contributed by atoms with Gasteiger partial charge in [-0.3, -0.25) is 9.36 Å². The van der Waals surface area contributed by atoms with Crippen LogP contribution in [0, 0.1) is 5.82 Å². The number of halogens is 1. The number of aromatic nitrogens is 2. The lowest BCUT2D eigenvalue weighted by atomic mass is 9.94. The van der Waals surface area contributed by atoms with Crippen LogP contribution in [0.4, 0.5) is 4.39 Å². The SMILES string of the molecule is CC1(C)CC(NC(=O)c2cncn2-c2ccc(F)cc2)CCO1. The van der Waals surface area contributed by atoms with E-state index in [1.54, 1.807) is 23.0 Å². The second kappa shape index (κ2) is 6.12. The molecule has 1 atom stereocenters. The maximum atomic E-state index is 13.1. The van der Waals surface area contributed by atoms with Crippen LogP contribution in [0.3, 0.4) is 0 Å². The normalized spacial score (nSPS) is 20.2. The largest absolute Gasteiger partial charge is 0.375 e. The lowest BCUT2D eigenvalue weighted by Crippen LogP contribution is -2.46. The molecule has 1 saturated heterocycles. The molecule has 0 bridgehead atoms. The average Bonchev–Trinajstić information content (AvgIpc) is 2.96. The first kappa shape index (κ1) is 15.7. The van der Waals surface area contributed by atoms with Crippen LogP contribution in [-0.2, 0) is 4.74 Å². The second-order valence-corrected chi connectivity index (χ2v) is 6.40. The van der Waals surface area contributed by atoms with Gasteiger partial charge in [-0.25, -0.2) is 9.37 Å². The van der Waals surface area contributed by atoms with E-state index in [9.17, 15) is 9.18 Å². The summed E-state index contributed by atoms with van der Waals surface area (Å²) in [7, 11) is 0. The Morgan fingerprint density at radius 3 is 2.83 bits per heavy atom. The average molecular weight is 317 g/mol. The Bertz CT molecular complexity index is 694. The van der Waals surface area contributed by atoms with Gasteiger partial charge in [0.05, 0.1) is 18.1 Å². The molecular weight excluding hydrogens is 297 g/mol. The molecule has 1 aromatic heterocycles. The molecule has 1 aromatic carbocycles. The number of hydrogen-bond acceptors (Lipinski definition) is 3. The van der Waals surface area contributed by atoms with Crippen molar-refractivity contribution in [2.75, 3.05) is 6.61 Å². The molecule has 2 heterocycles. The number of amides is 1. The molecule has 122 valence electrons. The fraction of sp³-hybridized carbons (Fsp3) is 0.412. The lowest BCUT2D eigenvalue weighted by molar-refractivity contribution is -0.0615. The Hall–Kier alpha value is -2.21. The summed E-state index contributed by atoms with van der Waals surface area (Å²) in [6, 6.07) is 6.02. The van der Waals surface area contributed by atoms with Crippen LogP contribution in [0.5, 0.6) is 0 Å². The molecular formula is C17H20FN3O2. The van der Waals surface area contributed by atoms with E-state index in [0.29, 0.717) is 18.0 Å². The molecule has 1 aliphatic heterocycles. The number of carbonyl (C=O) groups excluding carboxylic acids is 1. The van der Waals surface area contributed by atoms with Gasteiger partial charge in [-0.05, 0) is 51.0 Å². The van der Waals surface area contributed by atoms with Crippen molar-refractivity contribution >= 4 is 5.91 Å². The number of benzene rings is 1. The molecule has 2 aromatic rings. The predicted molar refractivity (Wildman–Crippen MR) is 84.0 cm³/mol. The molecule has 6 heteroatoms. The highest BCUT2D eigenvalue weighted by Crippen LogP contribution is 2.24. The van der Waals surface area contributed by atoms with Gasteiger partial charge >= 0.3 is 0 Å². The van der Waals surface area contributed by atoms with Crippen LogP contribution < -0.4 is 5.32 Å². The van der Waals surface area contributed by atoms with Gasteiger partial charge in [0.2, 0.25) is 0 Å². The monoisotopic (exact) mass is 317 g/mol. The highest BCUT2D eigenvalue weighted by molar-refractivity contribution is 5.93. The van der Waals surface area contributed by atoms with Crippen molar-refractivity contribution in [3.63, 3.8) is 0 Å². The van der Waals surface area contributed by atoms with Gasteiger partial charge in [0.25, 0.3) is 5.91 Å². The summed E-state index contributed by atoms with van der Waals surface area (Å²) in [4.78, 5) is 16.6. The van der Waals surface area contributed by atoms with Gasteiger partial charge in [-0.2, -0.15) is 0 Å². The summed E-state index contributed by atoms with van der Waals surface area (Å²) >= 11 is 0. The Kier molecular flexibility index (Phi) is 4.17. The van der Waals surface area contributed by atoms with E-state index in [4.69, 9.17) is 4.74 Å². The van der Waals surface area contributed by atoms with E-state index in [1.807, 2.05) is 13.8 Å². The van der Waals surface area contributed by atoms with E-state index in [-0.39, 0.29) is 23.4 Å². The third kappa shape index (κ3) is 3.59. The zero-order valence-electron chi connectivity index (χ0n) is 13.3. The number of rotatable bonds is 3. The Morgan fingerprint density at radius 2 is 2.13 bits per heavy atom. The van der Waals surface area contributed by atoms with Gasteiger partial charge in [-0.15, -0.1) is 0 Å². The summed E-state index contributed by atoms with van der Waals surface area (Å²) in [5.41, 5.74) is 0.898. The fourth-order valence-corrected chi connectivity index (χ4v) is 2.88. The fourth-order valence-electron chi connectivity index (χ4n) is 2.88. The maximum absolute atomic E-state index is 13.1. The van der Waals surface area contributed by atoms with Crippen LogP contribution >= 0.6 is 0 Å². The van der Waals surface area contributed by atoms with Gasteiger partial charge < -0.3 is 10.1 Å². The molecule has 1 N–H and O–H groups in total. The minimum Gasteiger partial charge on any atom is -0.375 e. The van der Waals surface area contributed by atoms with Crippen molar-refractivity contribution in [3.05, 3.63) is 48.3 Å².